The predicted octanol–water partition coefficient (Wildman–Crippen LogP) is 4.88. The van der Waals surface area contributed by atoms with Crippen LogP contribution < -0.4 is 5.32 Å². The minimum absolute atomic E-state index is 0.143. The van der Waals surface area contributed by atoms with Gasteiger partial charge in [0, 0.05) is 16.6 Å². The molecular weight excluding hydrogens is 367 g/mol. The molecule has 7 heteroatoms. The fourth-order valence-corrected chi connectivity index (χ4v) is 3.30. The maximum absolute atomic E-state index is 12.2. The van der Waals surface area contributed by atoms with Crippen LogP contribution >= 0.6 is 34.5 Å². The quantitative estimate of drug-likeness (QED) is 0.686. The maximum atomic E-state index is 12.2. The molecule has 0 fully saturated rings. The van der Waals surface area contributed by atoms with E-state index in [1.807, 2.05) is 24.4 Å². The first-order chi connectivity index (χ1) is 11.5. The highest BCUT2D eigenvalue weighted by Crippen LogP contribution is 2.26. The van der Waals surface area contributed by atoms with Gasteiger partial charge in [-0.1, -0.05) is 35.3 Å². The molecule has 0 spiro atoms. The van der Waals surface area contributed by atoms with Gasteiger partial charge in [0.1, 0.15) is 5.76 Å². The zero-order valence-electron chi connectivity index (χ0n) is 12.8. The zero-order valence-corrected chi connectivity index (χ0v) is 15.1. The number of halogens is 2. The lowest BCUT2D eigenvalue weighted by Crippen LogP contribution is -2.25. The van der Waals surface area contributed by atoms with E-state index in [9.17, 15) is 4.79 Å². The van der Waals surface area contributed by atoms with E-state index in [0.29, 0.717) is 33.9 Å². The van der Waals surface area contributed by atoms with Gasteiger partial charge < -0.3 is 9.73 Å². The van der Waals surface area contributed by atoms with E-state index in [0.717, 1.165) is 10.4 Å². The Hall–Kier alpha value is -1.82. The van der Waals surface area contributed by atoms with Gasteiger partial charge in [-0.15, -0.1) is 11.3 Å². The lowest BCUT2D eigenvalue weighted by Gasteiger charge is -2.06. The molecule has 0 aliphatic carbocycles. The number of benzene rings is 1. The molecule has 124 valence electrons. The summed E-state index contributed by atoms with van der Waals surface area (Å²) >= 11 is 13.5. The number of aromatic nitrogens is 1. The average molecular weight is 381 g/mol. The van der Waals surface area contributed by atoms with E-state index < -0.39 is 0 Å². The van der Waals surface area contributed by atoms with Gasteiger partial charge >= 0.3 is 0 Å². The van der Waals surface area contributed by atoms with Crippen molar-refractivity contribution in [1.82, 2.24) is 10.3 Å². The number of rotatable bonds is 5. The van der Waals surface area contributed by atoms with Gasteiger partial charge in [0.15, 0.2) is 0 Å². The Kier molecular flexibility index (Phi) is 5.23. The molecule has 1 N–H and O–H groups in total. The summed E-state index contributed by atoms with van der Waals surface area (Å²) in [5.74, 6) is 1.05. The Bertz CT molecular complexity index is 860. The summed E-state index contributed by atoms with van der Waals surface area (Å²) in [4.78, 5) is 17.5. The van der Waals surface area contributed by atoms with Crippen LogP contribution in [0.1, 0.15) is 17.0 Å². The van der Waals surface area contributed by atoms with Crippen LogP contribution in [-0.2, 0) is 17.8 Å². The van der Waals surface area contributed by atoms with Crippen molar-refractivity contribution in [2.75, 3.05) is 0 Å². The molecule has 2 heterocycles. The fraction of sp³-hybridized carbons (Fsp3) is 0.176. The summed E-state index contributed by atoms with van der Waals surface area (Å²) in [7, 11) is 0. The second kappa shape index (κ2) is 7.38. The molecule has 1 aromatic carbocycles. The van der Waals surface area contributed by atoms with Crippen molar-refractivity contribution < 1.29 is 9.21 Å². The molecule has 2 aromatic heterocycles. The molecular formula is C17H14Cl2N2O2S. The predicted molar refractivity (Wildman–Crippen MR) is 96.6 cm³/mol. The molecule has 3 rings (SSSR count). The minimum Gasteiger partial charge on any atom is -0.440 e. The van der Waals surface area contributed by atoms with Crippen molar-refractivity contribution in [3.05, 3.63) is 62.8 Å². The summed E-state index contributed by atoms with van der Waals surface area (Å²) in [6.45, 7) is 2.15. The van der Waals surface area contributed by atoms with Gasteiger partial charge in [0.2, 0.25) is 11.8 Å². The van der Waals surface area contributed by atoms with E-state index >= 15 is 0 Å². The number of hydrogen-bond donors (Lipinski definition) is 1. The summed E-state index contributed by atoms with van der Waals surface area (Å²) < 4.78 is 5.64. The summed E-state index contributed by atoms with van der Waals surface area (Å²) in [5.41, 5.74) is 1.45. The molecule has 24 heavy (non-hydrogen) atoms. The topological polar surface area (TPSA) is 55.1 Å². The summed E-state index contributed by atoms with van der Waals surface area (Å²) in [6, 6.07) is 9.05. The van der Waals surface area contributed by atoms with Gasteiger partial charge in [-0.25, -0.2) is 4.98 Å². The molecule has 0 saturated heterocycles. The first-order valence-corrected chi connectivity index (χ1v) is 8.87. The Balaban J connectivity index is 1.63. The van der Waals surface area contributed by atoms with Gasteiger partial charge in [0.25, 0.3) is 0 Å². The summed E-state index contributed by atoms with van der Waals surface area (Å²) in [6.07, 6.45) is 0.159. The number of aryl methyl sites for hydroxylation is 1. The van der Waals surface area contributed by atoms with E-state index in [1.54, 1.807) is 29.5 Å². The third kappa shape index (κ3) is 3.98. The zero-order chi connectivity index (χ0) is 17.1. The molecule has 0 atom stereocenters. The molecule has 0 aliphatic heterocycles. The molecule has 0 unspecified atom stereocenters. The van der Waals surface area contributed by atoms with E-state index in [4.69, 9.17) is 27.6 Å². The second-order valence-electron chi connectivity index (χ2n) is 5.19. The number of nitrogens with one attached hydrogen (secondary N) is 1. The number of carbonyl (C=O) groups is 1. The number of amides is 1. The van der Waals surface area contributed by atoms with Crippen molar-refractivity contribution in [2.45, 2.75) is 19.9 Å². The number of oxazole rings is 1. The van der Waals surface area contributed by atoms with Crippen LogP contribution in [0.3, 0.4) is 0 Å². The average Bonchev–Trinajstić information content (AvgIpc) is 3.17. The summed E-state index contributed by atoms with van der Waals surface area (Å²) in [5, 5.41) is 5.88. The van der Waals surface area contributed by atoms with E-state index in [2.05, 4.69) is 10.3 Å². The lowest BCUT2D eigenvalue weighted by atomic mass is 10.2. The lowest BCUT2D eigenvalue weighted by molar-refractivity contribution is -0.120. The van der Waals surface area contributed by atoms with Crippen LogP contribution in [0.2, 0.25) is 10.0 Å². The number of hydrogen-bond acceptors (Lipinski definition) is 4. The Labute approximate surface area is 153 Å². The van der Waals surface area contributed by atoms with Crippen molar-refractivity contribution in [1.29, 1.82) is 0 Å². The largest absolute Gasteiger partial charge is 0.440 e. The van der Waals surface area contributed by atoms with Gasteiger partial charge in [0.05, 0.1) is 17.0 Å². The Morgan fingerprint density at radius 1 is 1.33 bits per heavy atom. The third-order valence-electron chi connectivity index (χ3n) is 3.44. The van der Waals surface area contributed by atoms with Crippen molar-refractivity contribution in [2.24, 2.45) is 0 Å². The van der Waals surface area contributed by atoms with Crippen LogP contribution in [0.4, 0.5) is 0 Å². The molecule has 0 saturated carbocycles. The molecule has 3 aromatic rings. The van der Waals surface area contributed by atoms with Crippen molar-refractivity contribution >= 4 is 40.4 Å². The molecule has 0 aliphatic rings. The molecule has 1 amide bonds. The standard InChI is InChI=1S/C17H14Cl2N2O2S/c1-10-14(21-17(23-10)15-3-2-6-24-15)8-16(22)20-9-11-4-5-12(18)7-13(11)19/h2-7H,8-9H2,1H3,(H,20,22). The molecule has 0 bridgehead atoms. The Morgan fingerprint density at radius 3 is 2.88 bits per heavy atom. The third-order valence-corrected chi connectivity index (χ3v) is 4.89. The number of carbonyl (C=O) groups excluding carboxylic acids is 1. The normalized spacial score (nSPS) is 10.8. The SMILES string of the molecule is Cc1oc(-c2cccs2)nc1CC(=O)NCc1ccc(Cl)cc1Cl. The van der Waals surface area contributed by atoms with Gasteiger partial charge in [-0.2, -0.15) is 0 Å². The highest BCUT2D eigenvalue weighted by Gasteiger charge is 2.15. The molecule has 4 nitrogen and oxygen atoms in total. The highest BCUT2D eigenvalue weighted by atomic mass is 35.5. The van der Waals surface area contributed by atoms with Crippen LogP contribution in [0.5, 0.6) is 0 Å². The number of nitrogens with zero attached hydrogens (tertiary/aromatic N) is 1. The van der Waals surface area contributed by atoms with Crippen LogP contribution in [0, 0.1) is 6.92 Å². The maximum Gasteiger partial charge on any atom is 0.236 e. The second-order valence-corrected chi connectivity index (χ2v) is 6.98. The van der Waals surface area contributed by atoms with E-state index in [-0.39, 0.29) is 12.3 Å². The first-order valence-electron chi connectivity index (χ1n) is 7.23. The molecule has 0 radical (unpaired) electrons. The van der Waals surface area contributed by atoms with Crippen LogP contribution in [0.25, 0.3) is 10.8 Å². The smallest absolute Gasteiger partial charge is 0.236 e. The van der Waals surface area contributed by atoms with Crippen molar-refractivity contribution in [3.63, 3.8) is 0 Å². The fourth-order valence-electron chi connectivity index (χ4n) is 2.17. The Morgan fingerprint density at radius 2 is 2.17 bits per heavy atom. The first kappa shape index (κ1) is 17.0. The van der Waals surface area contributed by atoms with Crippen LogP contribution in [0.15, 0.2) is 40.1 Å². The van der Waals surface area contributed by atoms with Gasteiger partial charge in [-0.3, -0.25) is 4.79 Å². The van der Waals surface area contributed by atoms with Gasteiger partial charge in [-0.05, 0) is 36.1 Å². The number of thiophene rings is 1. The minimum atomic E-state index is -0.143. The van der Waals surface area contributed by atoms with Crippen LogP contribution in [-0.4, -0.2) is 10.9 Å². The highest BCUT2D eigenvalue weighted by molar-refractivity contribution is 7.13. The van der Waals surface area contributed by atoms with Crippen molar-refractivity contribution in [3.8, 4) is 10.8 Å². The monoisotopic (exact) mass is 380 g/mol. The van der Waals surface area contributed by atoms with E-state index in [1.165, 1.54) is 0 Å².